The van der Waals surface area contributed by atoms with Crippen molar-refractivity contribution in [1.82, 2.24) is 0 Å². The van der Waals surface area contributed by atoms with Gasteiger partial charge in [-0.2, -0.15) is 0 Å². The molecule has 2 bridgehead atoms. The molecule has 0 aliphatic carbocycles. The van der Waals surface area contributed by atoms with Crippen LogP contribution in [0, 0.1) is 11.8 Å². The number of hydrogen-bond donors (Lipinski definition) is 1. The molecule has 2 heterocycles. The topological polar surface area (TPSA) is 72.6 Å². The summed E-state index contributed by atoms with van der Waals surface area (Å²) >= 11 is 6.00. The SMILES string of the molecule is NCC#Cc1ccc(Cl)cc1N1C(=O)C2CCC(O2)C1=O. The van der Waals surface area contributed by atoms with Crippen LogP contribution in [-0.4, -0.2) is 30.6 Å². The van der Waals surface area contributed by atoms with Gasteiger partial charge in [-0.15, -0.1) is 0 Å². The molecule has 3 rings (SSSR count). The Balaban J connectivity index is 2.08. The number of nitrogens with two attached hydrogens (primary N) is 1. The fraction of sp³-hybridized carbons (Fsp3) is 0.333. The van der Waals surface area contributed by atoms with Crippen LogP contribution in [0.3, 0.4) is 0 Å². The fourth-order valence-corrected chi connectivity index (χ4v) is 2.74. The van der Waals surface area contributed by atoms with E-state index >= 15 is 0 Å². The molecule has 0 saturated carbocycles. The minimum atomic E-state index is -0.554. The van der Waals surface area contributed by atoms with Crippen molar-refractivity contribution in [2.45, 2.75) is 25.0 Å². The molecule has 2 aliphatic rings. The van der Waals surface area contributed by atoms with Gasteiger partial charge in [-0.25, -0.2) is 4.90 Å². The molecule has 6 heteroatoms. The molecule has 2 fully saturated rings. The maximum absolute atomic E-state index is 12.4. The first-order valence-electron chi connectivity index (χ1n) is 6.63. The normalized spacial score (nSPS) is 24.0. The summed E-state index contributed by atoms with van der Waals surface area (Å²) in [6.07, 6.45) is 0.0238. The molecule has 2 unspecified atom stereocenters. The van der Waals surface area contributed by atoms with Crippen molar-refractivity contribution in [3.8, 4) is 11.8 Å². The fourth-order valence-electron chi connectivity index (χ4n) is 2.58. The van der Waals surface area contributed by atoms with E-state index in [0.717, 1.165) is 4.90 Å². The van der Waals surface area contributed by atoms with Crippen LogP contribution in [0.1, 0.15) is 18.4 Å². The molecule has 108 valence electrons. The zero-order chi connectivity index (χ0) is 15.0. The lowest BCUT2D eigenvalue weighted by Crippen LogP contribution is -2.52. The minimum Gasteiger partial charge on any atom is -0.355 e. The van der Waals surface area contributed by atoms with E-state index in [1.54, 1.807) is 18.2 Å². The maximum atomic E-state index is 12.4. The van der Waals surface area contributed by atoms with Crippen LogP contribution in [0.5, 0.6) is 0 Å². The first kappa shape index (κ1) is 14.1. The molecular formula is C15H13ClN2O3. The Kier molecular flexibility index (Phi) is 3.68. The predicted molar refractivity (Wildman–Crippen MR) is 77.8 cm³/mol. The highest BCUT2D eigenvalue weighted by Gasteiger charge is 2.47. The summed E-state index contributed by atoms with van der Waals surface area (Å²) in [5.41, 5.74) is 6.33. The molecule has 2 aliphatic heterocycles. The Morgan fingerprint density at radius 1 is 1.29 bits per heavy atom. The first-order valence-corrected chi connectivity index (χ1v) is 7.01. The van der Waals surface area contributed by atoms with Crippen molar-refractivity contribution in [3.63, 3.8) is 0 Å². The Morgan fingerprint density at radius 3 is 2.57 bits per heavy atom. The zero-order valence-corrected chi connectivity index (χ0v) is 11.9. The molecule has 2 N–H and O–H groups in total. The summed E-state index contributed by atoms with van der Waals surface area (Å²) in [4.78, 5) is 25.9. The second-order valence-corrected chi connectivity index (χ2v) is 5.31. The van der Waals surface area contributed by atoms with Crippen LogP contribution in [-0.2, 0) is 14.3 Å². The van der Waals surface area contributed by atoms with Gasteiger partial charge in [0.15, 0.2) is 0 Å². The highest BCUT2D eigenvalue weighted by atomic mass is 35.5. The highest BCUT2D eigenvalue weighted by molar-refractivity contribution is 6.31. The summed E-state index contributed by atoms with van der Waals surface area (Å²) in [6, 6.07) is 4.91. The standard InChI is InChI=1S/C15H13ClN2O3/c16-10-4-3-9(2-1-7-17)11(8-10)18-14(19)12-5-6-13(21-12)15(18)20/h3-4,8,12-13H,5-7,17H2. The molecule has 0 radical (unpaired) electrons. The van der Waals surface area contributed by atoms with Crippen LogP contribution in [0.15, 0.2) is 18.2 Å². The average molecular weight is 305 g/mol. The Bertz CT molecular complexity index is 655. The van der Waals surface area contributed by atoms with Gasteiger partial charge in [-0.3, -0.25) is 9.59 Å². The quantitative estimate of drug-likeness (QED) is 0.622. The Labute approximate surface area is 127 Å². The van der Waals surface area contributed by atoms with E-state index in [2.05, 4.69) is 11.8 Å². The van der Waals surface area contributed by atoms with E-state index in [-0.39, 0.29) is 18.4 Å². The number of anilines is 1. The van der Waals surface area contributed by atoms with E-state index < -0.39 is 12.2 Å². The number of amides is 2. The Hall–Kier alpha value is -1.87. The van der Waals surface area contributed by atoms with Crippen molar-refractivity contribution in [3.05, 3.63) is 28.8 Å². The first-order chi connectivity index (χ1) is 10.1. The van der Waals surface area contributed by atoms with Crippen molar-refractivity contribution in [1.29, 1.82) is 0 Å². The van der Waals surface area contributed by atoms with E-state index in [0.29, 0.717) is 29.1 Å². The van der Waals surface area contributed by atoms with Crippen LogP contribution < -0.4 is 10.6 Å². The van der Waals surface area contributed by atoms with Gasteiger partial charge >= 0.3 is 0 Å². The number of morpholine rings is 1. The van der Waals surface area contributed by atoms with Gasteiger partial charge < -0.3 is 10.5 Å². The second kappa shape index (κ2) is 5.49. The number of nitrogens with zero attached hydrogens (tertiary/aromatic N) is 1. The summed E-state index contributed by atoms with van der Waals surface area (Å²) in [5, 5.41) is 0.433. The lowest BCUT2D eigenvalue weighted by Gasteiger charge is -2.30. The number of ether oxygens (including phenoxy) is 1. The van der Waals surface area contributed by atoms with E-state index in [9.17, 15) is 9.59 Å². The maximum Gasteiger partial charge on any atom is 0.263 e. The molecule has 0 spiro atoms. The summed E-state index contributed by atoms with van der Waals surface area (Å²) in [6.45, 7) is 0.193. The molecular weight excluding hydrogens is 292 g/mol. The van der Waals surface area contributed by atoms with Gasteiger partial charge in [-0.05, 0) is 31.0 Å². The van der Waals surface area contributed by atoms with Crippen LogP contribution in [0.2, 0.25) is 5.02 Å². The van der Waals surface area contributed by atoms with Crippen LogP contribution >= 0.6 is 11.6 Å². The highest BCUT2D eigenvalue weighted by Crippen LogP contribution is 2.34. The van der Waals surface area contributed by atoms with Gasteiger partial charge in [0.05, 0.1) is 12.2 Å². The van der Waals surface area contributed by atoms with E-state index in [1.807, 2.05) is 0 Å². The number of rotatable bonds is 1. The molecule has 2 atom stereocenters. The second-order valence-electron chi connectivity index (χ2n) is 4.87. The molecule has 1 aromatic rings. The van der Waals surface area contributed by atoms with Crippen molar-refractivity contribution < 1.29 is 14.3 Å². The minimum absolute atomic E-state index is 0.193. The summed E-state index contributed by atoms with van der Waals surface area (Å²) in [7, 11) is 0. The zero-order valence-electron chi connectivity index (χ0n) is 11.1. The number of imide groups is 1. The monoisotopic (exact) mass is 304 g/mol. The van der Waals surface area contributed by atoms with Crippen molar-refractivity contribution in [2.75, 3.05) is 11.4 Å². The van der Waals surface area contributed by atoms with Gasteiger partial charge in [0.2, 0.25) is 0 Å². The Morgan fingerprint density at radius 2 is 1.95 bits per heavy atom. The summed E-state index contributed by atoms with van der Waals surface area (Å²) < 4.78 is 5.40. The van der Waals surface area contributed by atoms with Crippen LogP contribution in [0.4, 0.5) is 5.69 Å². The molecule has 21 heavy (non-hydrogen) atoms. The van der Waals surface area contributed by atoms with Gasteiger partial charge in [0.25, 0.3) is 11.8 Å². The van der Waals surface area contributed by atoms with Crippen molar-refractivity contribution >= 4 is 29.1 Å². The molecule has 1 aromatic carbocycles. The molecule has 0 aromatic heterocycles. The average Bonchev–Trinajstić information content (AvgIpc) is 2.92. The number of carbonyl (C=O) groups is 2. The van der Waals surface area contributed by atoms with Gasteiger partial charge in [-0.1, -0.05) is 23.4 Å². The molecule has 5 nitrogen and oxygen atoms in total. The lowest BCUT2D eigenvalue weighted by molar-refractivity contribution is -0.146. The molecule has 2 saturated heterocycles. The smallest absolute Gasteiger partial charge is 0.263 e. The van der Waals surface area contributed by atoms with Crippen LogP contribution in [0.25, 0.3) is 0 Å². The largest absolute Gasteiger partial charge is 0.355 e. The molecule has 2 amide bonds. The third-order valence-electron chi connectivity index (χ3n) is 3.54. The number of halogens is 1. The lowest BCUT2D eigenvalue weighted by atomic mass is 10.1. The third kappa shape index (κ3) is 2.42. The van der Waals surface area contributed by atoms with E-state index in [1.165, 1.54) is 0 Å². The van der Waals surface area contributed by atoms with E-state index in [4.69, 9.17) is 22.1 Å². The summed E-state index contributed by atoms with van der Waals surface area (Å²) in [5.74, 6) is 4.88. The number of carbonyl (C=O) groups excluding carboxylic acids is 2. The predicted octanol–water partition coefficient (Wildman–Crippen LogP) is 1.07. The van der Waals surface area contributed by atoms with Gasteiger partial charge in [0.1, 0.15) is 12.2 Å². The van der Waals surface area contributed by atoms with Gasteiger partial charge in [0, 0.05) is 10.6 Å². The number of benzene rings is 1. The third-order valence-corrected chi connectivity index (χ3v) is 3.77. The van der Waals surface area contributed by atoms with Crippen molar-refractivity contribution in [2.24, 2.45) is 5.73 Å². The number of fused-ring (bicyclic) bond motifs is 2. The number of hydrogen-bond acceptors (Lipinski definition) is 4.